The van der Waals surface area contributed by atoms with Crippen LogP contribution in [0, 0.1) is 6.92 Å². The maximum Gasteiger partial charge on any atom is 0.240 e. The highest BCUT2D eigenvalue weighted by Crippen LogP contribution is 2.29. The topological polar surface area (TPSA) is 64.0 Å². The van der Waals surface area contributed by atoms with E-state index in [1.54, 1.807) is 18.6 Å². The Balaban J connectivity index is 1.35. The van der Waals surface area contributed by atoms with E-state index in [1.165, 1.54) is 0 Å². The van der Waals surface area contributed by atoms with E-state index in [9.17, 15) is 0 Å². The van der Waals surface area contributed by atoms with Crippen LogP contribution in [0.1, 0.15) is 12.1 Å². The van der Waals surface area contributed by atoms with Gasteiger partial charge in [-0.25, -0.2) is 15.0 Å². The maximum atomic E-state index is 6.28. The minimum atomic E-state index is 0.0432. The standard InChI is InChI=1S/C23H21N5O/c1-16-14-18(8-10-24-16)22-23(26-12-11-25-22)29-19-9-13-28(15-19)21-7-6-17-4-2-3-5-20(17)27-21/h2-8,10-12,14,19H,9,13,15H2,1H3/t19-/m1/s1. The largest absolute Gasteiger partial charge is 0.471 e. The van der Waals surface area contributed by atoms with Crippen molar-refractivity contribution in [3.8, 4) is 17.1 Å². The summed E-state index contributed by atoms with van der Waals surface area (Å²) in [5.41, 5.74) is 3.67. The van der Waals surface area contributed by atoms with E-state index in [4.69, 9.17) is 9.72 Å². The van der Waals surface area contributed by atoms with Crippen molar-refractivity contribution in [2.24, 2.45) is 0 Å². The molecule has 0 aliphatic carbocycles. The molecule has 3 aromatic heterocycles. The van der Waals surface area contributed by atoms with Gasteiger partial charge in [0.15, 0.2) is 0 Å². The third-order valence-electron chi connectivity index (χ3n) is 5.17. The predicted octanol–water partition coefficient (Wildman–Crippen LogP) is 4.05. The van der Waals surface area contributed by atoms with Crippen LogP contribution in [0.15, 0.2) is 67.1 Å². The zero-order valence-corrected chi connectivity index (χ0v) is 16.2. The van der Waals surface area contributed by atoms with E-state index >= 15 is 0 Å². The van der Waals surface area contributed by atoms with Gasteiger partial charge in [-0.15, -0.1) is 0 Å². The van der Waals surface area contributed by atoms with Crippen LogP contribution in [0.2, 0.25) is 0 Å². The van der Waals surface area contributed by atoms with Crippen LogP contribution in [-0.4, -0.2) is 39.1 Å². The van der Waals surface area contributed by atoms with Crippen LogP contribution >= 0.6 is 0 Å². The lowest BCUT2D eigenvalue weighted by molar-refractivity contribution is 0.216. The number of nitrogens with zero attached hydrogens (tertiary/aromatic N) is 5. The molecule has 4 heterocycles. The summed E-state index contributed by atoms with van der Waals surface area (Å²) in [7, 11) is 0. The molecule has 1 aliphatic heterocycles. The number of anilines is 1. The zero-order valence-electron chi connectivity index (χ0n) is 16.2. The molecule has 1 saturated heterocycles. The molecular formula is C23H21N5O. The summed E-state index contributed by atoms with van der Waals surface area (Å²) in [5.74, 6) is 1.55. The van der Waals surface area contributed by atoms with Gasteiger partial charge in [0.25, 0.3) is 0 Å². The van der Waals surface area contributed by atoms with Crippen LogP contribution < -0.4 is 9.64 Å². The summed E-state index contributed by atoms with van der Waals surface area (Å²) in [4.78, 5) is 20.3. The lowest BCUT2D eigenvalue weighted by Crippen LogP contribution is -2.25. The molecule has 0 saturated carbocycles. The zero-order chi connectivity index (χ0) is 19.6. The number of aryl methyl sites for hydroxylation is 1. The molecule has 0 radical (unpaired) electrons. The Hall–Kier alpha value is -3.54. The lowest BCUT2D eigenvalue weighted by atomic mass is 10.1. The molecule has 1 fully saturated rings. The molecule has 1 atom stereocenters. The predicted molar refractivity (Wildman–Crippen MR) is 113 cm³/mol. The average Bonchev–Trinajstić information content (AvgIpc) is 3.22. The van der Waals surface area contributed by atoms with E-state index < -0.39 is 0 Å². The first-order valence-electron chi connectivity index (χ1n) is 9.78. The van der Waals surface area contributed by atoms with Gasteiger partial charge < -0.3 is 9.64 Å². The summed E-state index contributed by atoms with van der Waals surface area (Å²) in [6, 6.07) is 16.3. The fourth-order valence-corrected chi connectivity index (χ4v) is 3.72. The van der Waals surface area contributed by atoms with Gasteiger partial charge in [0.1, 0.15) is 17.6 Å². The highest BCUT2D eigenvalue weighted by atomic mass is 16.5. The molecule has 29 heavy (non-hydrogen) atoms. The van der Waals surface area contributed by atoms with Gasteiger partial charge in [0.05, 0.1) is 12.1 Å². The van der Waals surface area contributed by atoms with Gasteiger partial charge in [0.2, 0.25) is 5.88 Å². The minimum absolute atomic E-state index is 0.0432. The van der Waals surface area contributed by atoms with Crippen molar-refractivity contribution < 1.29 is 4.74 Å². The normalized spacial score (nSPS) is 16.3. The van der Waals surface area contributed by atoms with Gasteiger partial charge in [-0.2, -0.15) is 0 Å². The van der Waals surface area contributed by atoms with E-state index in [0.29, 0.717) is 5.88 Å². The quantitative estimate of drug-likeness (QED) is 0.530. The van der Waals surface area contributed by atoms with Crippen molar-refractivity contribution in [1.82, 2.24) is 19.9 Å². The Kier molecular flexibility index (Phi) is 4.52. The summed E-state index contributed by atoms with van der Waals surface area (Å²) >= 11 is 0. The van der Waals surface area contributed by atoms with Gasteiger partial charge in [-0.05, 0) is 37.3 Å². The Morgan fingerprint density at radius 3 is 2.79 bits per heavy atom. The molecule has 144 valence electrons. The smallest absolute Gasteiger partial charge is 0.240 e. The van der Waals surface area contributed by atoms with Crippen LogP contribution in [-0.2, 0) is 0 Å². The third-order valence-corrected chi connectivity index (χ3v) is 5.17. The monoisotopic (exact) mass is 383 g/mol. The highest BCUT2D eigenvalue weighted by molar-refractivity contribution is 5.80. The van der Waals surface area contributed by atoms with Gasteiger partial charge in [0, 0.05) is 48.2 Å². The molecular weight excluding hydrogens is 362 g/mol. The van der Waals surface area contributed by atoms with E-state index in [-0.39, 0.29) is 6.10 Å². The van der Waals surface area contributed by atoms with Crippen LogP contribution in [0.25, 0.3) is 22.2 Å². The summed E-state index contributed by atoms with van der Waals surface area (Å²) in [6.07, 6.45) is 6.11. The summed E-state index contributed by atoms with van der Waals surface area (Å²) in [6.45, 7) is 3.64. The number of fused-ring (bicyclic) bond motifs is 1. The first-order chi connectivity index (χ1) is 14.3. The van der Waals surface area contributed by atoms with Gasteiger partial charge >= 0.3 is 0 Å². The Morgan fingerprint density at radius 2 is 1.86 bits per heavy atom. The first-order valence-corrected chi connectivity index (χ1v) is 9.78. The molecule has 6 nitrogen and oxygen atoms in total. The highest BCUT2D eigenvalue weighted by Gasteiger charge is 2.26. The summed E-state index contributed by atoms with van der Waals surface area (Å²) < 4.78 is 6.28. The number of benzene rings is 1. The molecule has 5 rings (SSSR count). The van der Waals surface area contributed by atoms with Crippen molar-refractivity contribution in [3.63, 3.8) is 0 Å². The molecule has 0 unspecified atom stereocenters. The third kappa shape index (κ3) is 3.61. The van der Waals surface area contributed by atoms with E-state index in [2.05, 4.69) is 38.1 Å². The average molecular weight is 383 g/mol. The van der Waals surface area contributed by atoms with Crippen molar-refractivity contribution >= 4 is 16.7 Å². The SMILES string of the molecule is Cc1cc(-c2nccnc2O[C@@H]2CCN(c3ccc4ccccc4n3)C2)ccn1. The second-order valence-electron chi connectivity index (χ2n) is 7.23. The van der Waals surface area contributed by atoms with Crippen LogP contribution in [0.5, 0.6) is 5.88 Å². The van der Waals surface area contributed by atoms with Crippen molar-refractivity contribution in [1.29, 1.82) is 0 Å². The minimum Gasteiger partial charge on any atom is -0.471 e. The number of pyridine rings is 2. The summed E-state index contributed by atoms with van der Waals surface area (Å²) in [5, 5.41) is 1.15. The molecule has 0 bridgehead atoms. The van der Waals surface area contributed by atoms with Gasteiger partial charge in [-0.3, -0.25) is 4.98 Å². The molecule has 4 aromatic rings. The van der Waals surface area contributed by atoms with Crippen molar-refractivity contribution in [2.45, 2.75) is 19.4 Å². The van der Waals surface area contributed by atoms with Gasteiger partial charge in [-0.1, -0.05) is 18.2 Å². The number of hydrogen-bond acceptors (Lipinski definition) is 6. The Morgan fingerprint density at radius 1 is 0.966 bits per heavy atom. The first kappa shape index (κ1) is 17.6. The van der Waals surface area contributed by atoms with Crippen molar-refractivity contribution in [2.75, 3.05) is 18.0 Å². The number of para-hydroxylation sites is 1. The second-order valence-corrected chi connectivity index (χ2v) is 7.23. The lowest BCUT2D eigenvalue weighted by Gasteiger charge is -2.19. The Labute approximate surface area is 169 Å². The molecule has 0 N–H and O–H groups in total. The number of aromatic nitrogens is 4. The van der Waals surface area contributed by atoms with Crippen LogP contribution in [0.3, 0.4) is 0 Å². The molecule has 1 aromatic carbocycles. The second kappa shape index (κ2) is 7.47. The van der Waals surface area contributed by atoms with E-state index in [0.717, 1.165) is 53.2 Å². The Bertz CT molecular complexity index is 1160. The number of rotatable bonds is 4. The molecule has 1 aliphatic rings. The molecule has 0 spiro atoms. The fourth-order valence-electron chi connectivity index (χ4n) is 3.72. The van der Waals surface area contributed by atoms with Crippen LogP contribution in [0.4, 0.5) is 5.82 Å². The molecule has 0 amide bonds. The molecule has 6 heteroatoms. The van der Waals surface area contributed by atoms with Crippen molar-refractivity contribution in [3.05, 3.63) is 72.8 Å². The number of ether oxygens (including phenoxy) is 1. The number of hydrogen-bond donors (Lipinski definition) is 0. The van der Waals surface area contributed by atoms with E-state index in [1.807, 2.05) is 37.3 Å². The maximum absolute atomic E-state index is 6.28. The fraction of sp³-hybridized carbons (Fsp3) is 0.217.